The van der Waals surface area contributed by atoms with E-state index in [0.29, 0.717) is 40.0 Å². The van der Waals surface area contributed by atoms with Crippen molar-refractivity contribution >= 4 is 22.4 Å². The Morgan fingerprint density at radius 3 is 2.38 bits per heavy atom. The Morgan fingerprint density at radius 1 is 0.892 bits per heavy atom. The zero-order valence-electron chi connectivity index (χ0n) is 21.9. The summed E-state index contributed by atoms with van der Waals surface area (Å²) in [5.74, 6) is 2.71. The van der Waals surface area contributed by atoms with Crippen molar-refractivity contribution in [3.05, 3.63) is 62.9 Å². The topological polar surface area (TPSA) is 75.0 Å². The molecule has 0 saturated heterocycles. The van der Waals surface area contributed by atoms with Crippen molar-refractivity contribution in [3.63, 3.8) is 0 Å². The van der Waals surface area contributed by atoms with Gasteiger partial charge in [-0.3, -0.25) is 4.79 Å². The number of benzene rings is 2. The third-order valence-corrected chi connectivity index (χ3v) is 7.01. The van der Waals surface area contributed by atoms with Crippen LogP contribution in [0.4, 0.5) is 0 Å². The summed E-state index contributed by atoms with van der Waals surface area (Å²) in [6.07, 6.45) is 9.88. The number of fused-ring (bicyclic) bond motifs is 1. The van der Waals surface area contributed by atoms with Gasteiger partial charge >= 0.3 is 0 Å². The summed E-state index contributed by atoms with van der Waals surface area (Å²) in [4.78, 5) is 18.2. The van der Waals surface area contributed by atoms with E-state index in [1.165, 1.54) is 41.5 Å². The summed E-state index contributed by atoms with van der Waals surface area (Å²) in [5.41, 5.74) is 1.51. The second kappa shape index (κ2) is 13.2. The number of hydrogen-bond donors (Lipinski definition) is 0. The van der Waals surface area contributed by atoms with Gasteiger partial charge in [0.2, 0.25) is 4.96 Å². The minimum absolute atomic E-state index is 0.190. The number of methoxy groups -OCH3 is 1. The summed E-state index contributed by atoms with van der Waals surface area (Å²) in [7, 11) is 1.63. The first-order valence-electron chi connectivity index (χ1n) is 13.1. The van der Waals surface area contributed by atoms with E-state index in [9.17, 15) is 4.79 Å². The van der Waals surface area contributed by atoms with Gasteiger partial charge in [-0.05, 0) is 60.9 Å². The van der Waals surface area contributed by atoms with Gasteiger partial charge in [-0.15, -0.1) is 5.10 Å². The van der Waals surface area contributed by atoms with Gasteiger partial charge in [-0.2, -0.15) is 9.50 Å². The van der Waals surface area contributed by atoms with Crippen LogP contribution in [0.15, 0.2) is 47.3 Å². The van der Waals surface area contributed by atoms with Gasteiger partial charge in [-0.1, -0.05) is 63.4 Å². The molecule has 2 aromatic heterocycles. The lowest BCUT2D eigenvalue weighted by Gasteiger charge is -2.11. The normalized spacial score (nSPS) is 11.8. The van der Waals surface area contributed by atoms with Gasteiger partial charge < -0.3 is 14.2 Å². The molecule has 0 amide bonds. The van der Waals surface area contributed by atoms with Crippen molar-refractivity contribution < 1.29 is 14.2 Å². The fraction of sp³-hybridized carbons (Fsp3) is 0.414. The van der Waals surface area contributed by atoms with Gasteiger partial charge in [0.1, 0.15) is 5.75 Å². The first-order chi connectivity index (χ1) is 18.1. The predicted molar refractivity (Wildman–Crippen MR) is 149 cm³/mol. The fourth-order valence-electron chi connectivity index (χ4n) is 3.92. The van der Waals surface area contributed by atoms with Crippen molar-refractivity contribution in [1.82, 2.24) is 14.6 Å². The number of aromatic nitrogens is 3. The minimum atomic E-state index is -0.190. The van der Waals surface area contributed by atoms with Gasteiger partial charge in [0.25, 0.3) is 5.56 Å². The van der Waals surface area contributed by atoms with Gasteiger partial charge in [-0.25, -0.2) is 0 Å². The van der Waals surface area contributed by atoms with Gasteiger partial charge in [0.05, 0.1) is 24.9 Å². The maximum atomic E-state index is 13.0. The maximum Gasteiger partial charge on any atom is 0.291 e. The first-order valence-corrected chi connectivity index (χ1v) is 13.9. The van der Waals surface area contributed by atoms with E-state index in [-0.39, 0.29) is 5.56 Å². The first kappa shape index (κ1) is 26.7. The molecule has 2 heterocycles. The van der Waals surface area contributed by atoms with Crippen LogP contribution in [0.25, 0.3) is 22.4 Å². The molecular formula is C29H35N3O4S. The molecular weight excluding hydrogens is 486 g/mol. The molecule has 196 valence electrons. The largest absolute Gasteiger partial charge is 0.494 e. The van der Waals surface area contributed by atoms with Crippen LogP contribution in [0.3, 0.4) is 0 Å². The van der Waals surface area contributed by atoms with Crippen molar-refractivity contribution in [1.29, 1.82) is 0 Å². The molecule has 4 aromatic rings. The molecule has 0 aliphatic rings. The molecule has 0 aliphatic heterocycles. The van der Waals surface area contributed by atoms with Crippen LogP contribution in [-0.4, -0.2) is 34.9 Å². The molecule has 8 heteroatoms. The second-order valence-corrected chi connectivity index (χ2v) is 9.95. The molecule has 0 radical (unpaired) electrons. The average Bonchev–Trinajstić information content (AvgIpc) is 3.46. The SMILES string of the molecule is CCCCCCCOc1ccc(/C=c2\sc3nc(-c4ccc(OCCCC)cc4)nn3c2=O)cc1OC. The van der Waals surface area contributed by atoms with E-state index in [0.717, 1.165) is 36.1 Å². The summed E-state index contributed by atoms with van der Waals surface area (Å²) < 4.78 is 19.1. The Bertz CT molecular complexity index is 1400. The van der Waals surface area contributed by atoms with Crippen LogP contribution in [0.5, 0.6) is 17.2 Å². The van der Waals surface area contributed by atoms with Crippen LogP contribution in [-0.2, 0) is 0 Å². The quantitative estimate of drug-likeness (QED) is 0.192. The molecule has 0 N–H and O–H groups in total. The number of hydrogen-bond acceptors (Lipinski definition) is 7. The summed E-state index contributed by atoms with van der Waals surface area (Å²) >= 11 is 1.32. The van der Waals surface area contributed by atoms with Gasteiger partial charge in [0.15, 0.2) is 17.3 Å². The molecule has 0 saturated carbocycles. The summed E-state index contributed by atoms with van der Waals surface area (Å²) in [5, 5.41) is 4.46. The molecule has 0 spiro atoms. The van der Waals surface area contributed by atoms with Crippen molar-refractivity contribution in [3.8, 4) is 28.6 Å². The molecule has 37 heavy (non-hydrogen) atoms. The molecule has 2 aromatic carbocycles. The molecule has 0 aliphatic carbocycles. The average molecular weight is 522 g/mol. The highest BCUT2D eigenvalue weighted by atomic mass is 32.1. The lowest BCUT2D eigenvalue weighted by atomic mass is 10.1. The zero-order chi connectivity index (χ0) is 26.0. The zero-order valence-corrected chi connectivity index (χ0v) is 22.7. The van der Waals surface area contributed by atoms with E-state index in [2.05, 4.69) is 23.9 Å². The fourth-order valence-corrected chi connectivity index (χ4v) is 4.83. The number of thiazole rings is 1. The van der Waals surface area contributed by atoms with E-state index < -0.39 is 0 Å². The highest BCUT2D eigenvalue weighted by molar-refractivity contribution is 7.15. The standard InChI is InChI=1S/C29H35N3O4S/c1-4-6-8-9-10-18-36-24-16-11-21(19-25(24)34-3)20-26-28(33)32-29(37-26)30-27(31-32)22-12-14-23(15-13-22)35-17-7-5-2/h11-16,19-20H,4-10,17-18H2,1-3H3/b26-20-. The Labute approximate surface area is 221 Å². The lowest BCUT2D eigenvalue weighted by Crippen LogP contribution is -2.23. The number of unbranched alkanes of at least 4 members (excludes halogenated alkanes) is 5. The number of nitrogens with zero attached hydrogens (tertiary/aromatic N) is 3. The Balaban J connectivity index is 1.47. The molecule has 0 unspecified atom stereocenters. The monoisotopic (exact) mass is 521 g/mol. The third-order valence-electron chi connectivity index (χ3n) is 6.05. The molecule has 0 fully saturated rings. The van der Waals surface area contributed by atoms with E-state index in [1.807, 2.05) is 48.5 Å². The lowest BCUT2D eigenvalue weighted by molar-refractivity contribution is 0.285. The summed E-state index contributed by atoms with van der Waals surface area (Å²) in [6.45, 7) is 5.71. The van der Waals surface area contributed by atoms with Crippen molar-refractivity contribution in [2.75, 3.05) is 20.3 Å². The van der Waals surface area contributed by atoms with E-state index in [1.54, 1.807) is 7.11 Å². The van der Waals surface area contributed by atoms with Gasteiger partial charge in [0, 0.05) is 5.56 Å². The minimum Gasteiger partial charge on any atom is -0.494 e. The van der Waals surface area contributed by atoms with Crippen molar-refractivity contribution in [2.45, 2.75) is 58.8 Å². The third kappa shape index (κ3) is 6.89. The number of ether oxygens (including phenoxy) is 3. The van der Waals surface area contributed by atoms with Crippen LogP contribution < -0.4 is 24.3 Å². The second-order valence-electron chi connectivity index (χ2n) is 8.94. The smallest absolute Gasteiger partial charge is 0.291 e. The van der Waals surface area contributed by atoms with Crippen LogP contribution in [0.1, 0.15) is 64.4 Å². The number of rotatable bonds is 14. The maximum absolute atomic E-state index is 13.0. The Kier molecular flexibility index (Phi) is 9.54. The Hall–Kier alpha value is -3.39. The van der Waals surface area contributed by atoms with Crippen LogP contribution in [0.2, 0.25) is 0 Å². The molecule has 7 nitrogen and oxygen atoms in total. The van der Waals surface area contributed by atoms with E-state index in [4.69, 9.17) is 14.2 Å². The molecule has 0 atom stereocenters. The molecule has 0 bridgehead atoms. The predicted octanol–water partition coefficient (Wildman–Crippen LogP) is 5.90. The van der Waals surface area contributed by atoms with Crippen LogP contribution >= 0.6 is 11.3 Å². The summed E-state index contributed by atoms with van der Waals surface area (Å²) in [6, 6.07) is 13.4. The van der Waals surface area contributed by atoms with Crippen LogP contribution in [0, 0.1) is 0 Å². The Morgan fingerprint density at radius 2 is 1.65 bits per heavy atom. The highest BCUT2D eigenvalue weighted by Crippen LogP contribution is 2.29. The van der Waals surface area contributed by atoms with E-state index >= 15 is 0 Å². The highest BCUT2D eigenvalue weighted by Gasteiger charge is 2.13. The molecule has 4 rings (SSSR count). The van der Waals surface area contributed by atoms with Crippen molar-refractivity contribution in [2.24, 2.45) is 0 Å².